The maximum Gasteiger partial charge on any atom is 0.248 e. The molecule has 1 spiro atoms. The number of thioether (sulfide) groups is 1. The molecule has 3 heterocycles. The molecule has 39 heavy (non-hydrogen) atoms. The molecule has 7 nitrogen and oxygen atoms in total. The Hall–Kier alpha value is -3.36. The van der Waals surface area contributed by atoms with Gasteiger partial charge in [0.15, 0.2) is 0 Å². The minimum absolute atomic E-state index is 0.163. The normalized spacial score (nSPS) is 29.9. The molecule has 0 saturated carbocycles. The Morgan fingerprint density at radius 1 is 1.03 bits per heavy atom. The second-order valence-corrected chi connectivity index (χ2v) is 13.1. The van der Waals surface area contributed by atoms with Crippen molar-refractivity contribution in [1.82, 2.24) is 10.2 Å². The van der Waals surface area contributed by atoms with Crippen molar-refractivity contribution >= 4 is 45.9 Å². The quantitative estimate of drug-likeness (QED) is 0.423. The van der Waals surface area contributed by atoms with Gasteiger partial charge in [-0.1, -0.05) is 60.7 Å². The van der Waals surface area contributed by atoms with Gasteiger partial charge in [-0.3, -0.25) is 14.4 Å². The highest BCUT2D eigenvalue weighted by atomic mass is 32.2. The van der Waals surface area contributed by atoms with E-state index >= 15 is 0 Å². The van der Waals surface area contributed by atoms with Crippen LogP contribution in [-0.2, 0) is 20.8 Å². The SMILES string of the molecule is CNC(=O)[C@H]1[C@H]2C(=O)N([C@@H](CO)Cc3ccccc3)C(C(=O)Nc3ccc4ccccc4c3)C23CC[C@]1(C)S3. The number of anilines is 1. The van der Waals surface area contributed by atoms with Gasteiger partial charge in [-0.15, -0.1) is 11.8 Å². The number of aliphatic hydroxyl groups excluding tert-OH is 1. The van der Waals surface area contributed by atoms with Crippen LogP contribution in [0, 0.1) is 11.8 Å². The van der Waals surface area contributed by atoms with Gasteiger partial charge < -0.3 is 20.6 Å². The summed E-state index contributed by atoms with van der Waals surface area (Å²) in [5.41, 5.74) is 1.63. The minimum atomic E-state index is -0.816. The minimum Gasteiger partial charge on any atom is -0.394 e. The summed E-state index contributed by atoms with van der Waals surface area (Å²) in [6.45, 7) is 1.77. The van der Waals surface area contributed by atoms with Gasteiger partial charge in [0.25, 0.3) is 0 Å². The van der Waals surface area contributed by atoms with E-state index in [1.54, 1.807) is 23.7 Å². The number of carbonyl (C=O) groups excluding carboxylic acids is 3. The number of likely N-dealkylation sites (tertiary alicyclic amines) is 1. The molecular formula is C31H33N3O4S. The first-order valence-electron chi connectivity index (χ1n) is 13.5. The van der Waals surface area contributed by atoms with Crippen LogP contribution in [0.1, 0.15) is 25.3 Å². The Morgan fingerprint density at radius 2 is 1.74 bits per heavy atom. The topological polar surface area (TPSA) is 98.7 Å². The van der Waals surface area contributed by atoms with Gasteiger partial charge in [-0.25, -0.2) is 0 Å². The Morgan fingerprint density at radius 3 is 2.46 bits per heavy atom. The molecule has 3 aromatic rings. The Balaban J connectivity index is 1.41. The van der Waals surface area contributed by atoms with Crippen LogP contribution in [0.5, 0.6) is 0 Å². The molecule has 202 valence electrons. The molecule has 0 radical (unpaired) electrons. The first-order chi connectivity index (χ1) is 18.8. The van der Waals surface area contributed by atoms with Crippen molar-refractivity contribution in [2.24, 2.45) is 11.8 Å². The third-order valence-corrected chi connectivity index (χ3v) is 10.9. The summed E-state index contributed by atoms with van der Waals surface area (Å²) in [6, 6.07) is 22.0. The van der Waals surface area contributed by atoms with Gasteiger partial charge in [0.05, 0.1) is 29.2 Å². The summed E-state index contributed by atoms with van der Waals surface area (Å²) in [6.07, 6.45) is 1.82. The average Bonchev–Trinajstić information content (AvgIpc) is 3.52. The monoisotopic (exact) mass is 543 g/mol. The maximum absolute atomic E-state index is 14.3. The van der Waals surface area contributed by atoms with Crippen LogP contribution >= 0.6 is 11.8 Å². The van der Waals surface area contributed by atoms with Crippen LogP contribution in [0.25, 0.3) is 10.8 Å². The number of nitrogens with one attached hydrogen (secondary N) is 2. The number of rotatable bonds is 7. The first-order valence-corrected chi connectivity index (χ1v) is 14.3. The van der Waals surface area contributed by atoms with Crippen LogP contribution in [0.15, 0.2) is 72.8 Å². The Kier molecular flexibility index (Phi) is 6.43. The Labute approximate surface area is 232 Å². The highest BCUT2D eigenvalue weighted by molar-refractivity contribution is 8.02. The second-order valence-electron chi connectivity index (χ2n) is 11.2. The van der Waals surface area contributed by atoms with Gasteiger partial charge in [-0.2, -0.15) is 0 Å². The predicted molar refractivity (Wildman–Crippen MR) is 153 cm³/mol. The number of nitrogens with zero attached hydrogens (tertiary/aromatic N) is 1. The van der Waals surface area contributed by atoms with Crippen LogP contribution in [-0.4, -0.2) is 63.0 Å². The fourth-order valence-electron chi connectivity index (χ4n) is 7.23. The third-order valence-electron chi connectivity index (χ3n) is 8.93. The second kappa shape index (κ2) is 9.68. The molecule has 3 amide bonds. The number of hydrogen-bond acceptors (Lipinski definition) is 5. The lowest BCUT2D eigenvalue weighted by Crippen LogP contribution is -2.55. The summed E-state index contributed by atoms with van der Waals surface area (Å²) < 4.78 is -1.17. The smallest absolute Gasteiger partial charge is 0.248 e. The molecule has 3 aliphatic rings. The zero-order valence-corrected chi connectivity index (χ0v) is 22.9. The summed E-state index contributed by atoms with van der Waals surface area (Å²) in [4.78, 5) is 43.4. The molecular weight excluding hydrogens is 510 g/mol. The van der Waals surface area contributed by atoms with Gasteiger partial charge in [-0.05, 0) is 54.7 Å². The largest absolute Gasteiger partial charge is 0.394 e. The van der Waals surface area contributed by atoms with E-state index in [0.29, 0.717) is 18.5 Å². The number of benzene rings is 3. The van der Waals surface area contributed by atoms with Crippen molar-refractivity contribution in [2.75, 3.05) is 19.0 Å². The standard InChI is InChI=1S/C31H33N3O4S/c1-30-14-15-31(39-30)25(24(30)27(36)32-2)29(38)34(23(18-35)16-19-8-4-3-5-9-19)26(31)28(37)33-22-13-12-20-10-6-7-11-21(20)17-22/h3-13,17,23-26,35H,14-16,18H2,1-2H3,(H,32,36)(H,33,37)/t23-,24-,25+,26?,30+,31?/m1/s1. The summed E-state index contributed by atoms with van der Waals surface area (Å²) in [7, 11) is 1.60. The molecule has 3 saturated heterocycles. The van der Waals surface area contributed by atoms with E-state index in [9.17, 15) is 19.5 Å². The van der Waals surface area contributed by atoms with E-state index in [0.717, 1.165) is 22.8 Å². The molecule has 6 rings (SSSR count). The highest BCUT2D eigenvalue weighted by Gasteiger charge is 2.77. The van der Waals surface area contributed by atoms with E-state index in [-0.39, 0.29) is 24.3 Å². The van der Waals surface area contributed by atoms with E-state index in [4.69, 9.17) is 0 Å². The van der Waals surface area contributed by atoms with Crippen molar-refractivity contribution in [1.29, 1.82) is 0 Å². The lowest BCUT2D eigenvalue weighted by Gasteiger charge is -2.37. The lowest BCUT2D eigenvalue weighted by atomic mass is 9.66. The van der Waals surface area contributed by atoms with Crippen molar-refractivity contribution in [3.63, 3.8) is 0 Å². The zero-order valence-electron chi connectivity index (χ0n) is 22.1. The number of amides is 3. The highest BCUT2D eigenvalue weighted by Crippen LogP contribution is 2.71. The van der Waals surface area contributed by atoms with Gasteiger partial charge >= 0.3 is 0 Å². The summed E-state index contributed by atoms with van der Waals surface area (Å²) >= 11 is 1.63. The molecule has 3 N–H and O–H groups in total. The van der Waals surface area contributed by atoms with Crippen molar-refractivity contribution < 1.29 is 19.5 Å². The fourth-order valence-corrected chi connectivity index (χ4v) is 9.57. The molecule has 3 aliphatic heterocycles. The zero-order chi connectivity index (χ0) is 27.4. The molecule has 8 heteroatoms. The van der Waals surface area contributed by atoms with Gasteiger partial charge in [0.1, 0.15) is 6.04 Å². The molecule has 2 unspecified atom stereocenters. The molecule has 0 aliphatic carbocycles. The third kappa shape index (κ3) is 4.03. The summed E-state index contributed by atoms with van der Waals surface area (Å²) in [5.74, 6) is -1.82. The lowest BCUT2D eigenvalue weighted by molar-refractivity contribution is -0.142. The fraction of sp³-hybridized carbons (Fsp3) is 0.387. The maximum atomic E-state index is 14.3. The molecule has 6 atom stereocenters. The molecule has 0 aromatic heterocycles. The molecule has 3 aromatic carbocycles. The van der Waals surface area contributed by atoms with E-state index < -0.39 is 33.4 Å². The van der Waals surface area contributed by atoms with Crippen LogP contribution in [0.2, 0.25) is 0 Å². The van der Waals surface area contributed by atoms with E-state index in [1.165, 1.54) is 0 Å². The number of fused-ring (bicyclic) bond motifs is 2. The van der Waals surface area contributed by atoms with Gasteiger partial charge in [0.2, 0.25) is 17.7 Å². The first kappa shape index (κ1) is 25.9. The summed E-state index contributed by atoms with van der Waals surface area (Å²) in [5, 5.41) is 18.5. The van der Waals surface area contributed by atoms with Crippen LogP contribution < -0.4 is 10.6 Å². The van der Waals surface area contributed by atoms with E-state index in [2.05, 4.69) is 10.6 Å². The van der Waals surface area contributed by atoms with E-state index in [1.807, 2.05) is 79.7 Å². The number of aliphatic hydroxyl groups is 1. The van der Waals surface area contributed by atoms with Crippen molar-refractivity contribution in [3.05, 3.63) is 78.4 Å². The van der Waals surface area contributed by atoms with Crippen LogP contribution in [0.3, 0.4) is 0 Å². The number of hydrogen-bond donors (Lipinski definition) is 3. The van der Waals surface area contributed by atoms with Crippen molar-refractivity contribution in [3.8, 4) is 0 Å². The van der Waals surface area contributed by atoms with Crippen LogP contribution in [0.4, 0.5) is 5.69 Å². The average molecular weight is 544 g/mol. The molecule has 3 fully saturated rings. The molecule has 2 bridgehead atoms. The number of carbonyl (C=O) groups is 3. The predicted octanol–water partition coefficient (Wildman–Crippen LogP) is 3.61. The van der Waals surface area contributed by atoms with Gasteiger partial charge in [0, 0.05) is 17.5 Å². The van der Waals surface area contributed by atoms with Crippen molar-refractivity contribution in [2.45, 2.75) is 47.8 Å². The Bertz CT molecular complexity index is 1450.